The van der Waals surface area contributed by atoms with Crippen LogP contribution < -0.4 is 0 Å². The Hall–Kier alpha value is -0.570. The number of hydrogen-bond acceptors (Lipinski definition) is 2. The summed E-state index contributed by atoms with van der Waals surface area (Å²) in [6, 6.07) is -0.377. The van der Waals surface area contributed by atoms with Crippen molar-refractivity contribution < 1.29 is 9.90 Å². The summed E-state index contributed by atoms with van der Waals surface area (Å²) in [5, 5.41) is 8.88. The first-order valence-corrected chi connectivity index (χ1v) is 6.77. The van der Waals surface area contributed by atoms with Gasteiger partial charge < -0.3 is 5.11 Å². The number of carbonyl (C=O) groups is 1. The second-order valence-corrected chi connectivity index (χ2v) is 5.71. The lowest BCUT2D eigenvalue weighted by Crippen LogP contribution is -2.36. The molecule has 3 nitrogen and oxygen atoms in total. The van der Waals surface area contributed by atoms with Crippen molar-refractivity contribution in [1.82, 2.24) is 4.90 Å². The second kappa shape index (κ2) is 8.51. The fourth-order valence-electron chi connectivity index (χ4n) is 1.83. The molecule has 0 fully saturated rings. The third-order valence-corrected chi connectivity index (χ3v) is 3.47. The normalized spacial score (nSPS) is 15.2. The molecule has 0 saturated heterocycles. The van der Waals surface area contributed by atoms with Gasteiger partial charge in [0.25, 0.3) is 0 Å². The van der Waals surface area contributed by atoms with Crippen molar-refractivity contribution >= 4 is 5.97 Å². The molecule has 0 spiro atoms. The van der Waals surface area contributed by atoms with Crippen LogP contribution in [0.15, 0.2) is 0 Å². The van der Waals surface area contributed by atoms with E-state index < -0.39 is 5.97 Å². The minimum atomic E-state index is -0.736. The molecular formula is C14H29NO2. The van der Waals surface area contributed by atoms with Gasteiger partial charge in [0.1, 0.15) is 6.04 Å². The van der Waals surface area contributed by atoms with Crippen molar-refractivity contribution in [2.45, 2.75) is 59.4 Å². The fourth-order valence-corrected chi connectivity index (χ4v) is 1.83. The van der Waals surface area contributed by atoms with Crippen molar-refractivity contribution in [1.29, 1.82) is 0 Å². The number of hydrogen-bond donors (Lipinski definition) is 1. The van der Waals surface area contributed by atoms with Crippen molar-refractivity contribution in [2.24, 2.45) is 11.8 Å². The molecule has 0 radical (unpaired) electrons. The first-order chi connectivity index (χ1) is 7.84. The molecule has 0 aliphatic carbocycles. The predicted octanol–water partition coefficient (Wildman–Crippen LogP) is 3.24. The molecular weight excluding hydrogens is 214 g/mol. The summed E-state index contributed by atoms with van der Waals surface area (Å²) in [7, 11) is 1.89. The quantitative estimate of drug-likeness (QED) is 0.676. The van der Waals surface area contributed by atoms with E-state index in [0.29, 0.717) is 5.92 Å². The topological polar surface area (TPSA) is 40.5 Å². The molecule has 17 heavy (non-hydrogen) atoms. The Morgan fingerprint density at radius 1 is 1.12 bits per heavy atom. The van der Waals surface area contributed by atoms with Gasteiger partial charge in [-0.25, -0.2) is 0 Å². The Bertz CT molecular complexity index is 216. The molecule has 0 heterocycles. The number of aliphatic carboxylic acids is 1. The van der Waals surface area contributed by atoms with Crippen LogP contribution in [-0.2, 0) is 4.79 Å². The van der Waals surface area contributed by atoms with Crippen LogP contribution in [0.4, 0.5) is 0 Å². The maximum Gasteiger partial charge on any atom is 0.320 e. The molecule has 102 valence electrons. The zero-order chi connectivity index (χ0) is 13.4. The lowest BCUT2D eigenvalue weighted by atomic mass is 9.97. The molecule has 0 aromatic rings. The molecule has 0 rings (SSSR count). The fraction of sp³-hybridized carbons (Fsp3) is 0.929. The van der Waals surface area contributed by atoms with Crippen molar-refractivity contribution in [3.05, 3.63) is 0 Å². The SMILES string of the molecule is CC(C)CCCC(C)CCN(C)C(C)C(=O)O. The van der Waals surface area contributed by atoms with Gasteiger partial charge in [-0.05, 0) is 38.8 Å². The lowest BCUT2D eigenvalue weighted by Gasteiger charge is -2.22. The first-order valence-electron chi connectivity index (χ1n) is 6.77. The standard InChI is InChI=1S/C14H29NO2/c1-11(2)7-6-8-12(3)9-10-15(5)13(4)14(16)17/h11-13H,6-10H2,1-5H3,(H,16,17). The molecule has 0 bridgehead atoms. The Morgan fingerprint density at radius 2 is 1.71 bits per heavy atom. The van der Waals surface area contributed by atoms with Gasteiger partial charge >= 0.3 is 5.97 Å². The van der Waals surface area contributed by atoms with E-state index in [2.05, 4.69) is 20.8 Å². The highest BCUT2D eigenvalue weighted by Crippen LogP contribution is 2.15. The highest BCUT2D eigenvalue weighted by molar-refractivity contribution is 5.72. The average molecular weight is 243 g/mol. The maximum atomic E-state index is 10.8. The molecule has 0 saturated carbocycles. The number of rotatable bonds is 9. The van der Waals surface area contributed by atoms with E-state index in [9.17, 15) is 4.79 Å². The summed E-state index contributed by atoms with van der Waals surface area (Å²) < 4.78 is 0. The maximum absolute atomic E-state index is 10.8. The number of carboxylic acid groups (broad SMARTS) is 1. The van der Waals surface area contributed by atoms with Crippen LogP contribution in [0, 0.1) is 11.8 Å². The summed E-state index contributed by atoms with van der Waals surface area (Å²) in [5.74, 6) is 0.745. The minimum Gasteiger partial charge on any atom is -0.480 e. The van der Waals surface area contributed by atoms with E-state index in [4.69, 9.17) is 5.11 Å². The molecule has 2 atom stereocenters. The van der Waals surface area contributed by atoms with Crippen LogP contribution in [0.25, 0.3) is 0 Å². The van der Waals surface area contributed by atoms with E-state index >= 15 is 0 Å². The molecule has 1 N–H and O–H groups in total. The van der Waals surface area contributed by atoms with Gasteiger partial charge in [-0.2, -0.15) is 0 Å². The second-order valence-electron chi connectivity index (χ2n) is 5.71. The van der Waals surface area contributed by atoms with Gasteiger partial charge in [-0.3, -0.25) is 9.69 Å². The molecule has 0 aromatic carbocycles. The summed E-state index contributed by atoms with van der Waals surface area (Å²) >= 11 is 0. The molecule has 0 amide bonds. The highest BCUT2D eigenvalue weighted by Gasteiger charge is 2.16. The average Bonchev–Trinajstić information content (AvgIpc) is 2.24. The summed E-state index contributed by atoms with van der Waals surface area (Å²) in [5.41, 5.74) is 0. The highest BCUT2D eigenvalue weighted by atomic mass is 16.4. The number of carboxylic acids is 1. The van der Waals surface area contributed by atoms with Gasteiger partial charge in [-0.1, -0.05) is 40.0 Å². The van der Waals surface area contributed by atoms with Gasteiger partial charge in [0.2, 0.25) is 0 Å². The molecule has 2 unspecified atom stereocenters. The Labute approximate surface area is 106 Å². The van der Waals surface area contributed by atoms with Crippen LogP contribution in [0.5, 0.6) is 0 Å². The Balaban J connectivity index is 3.69. The zero-order valence-corrected chi connectivity index (χ0v) is 12.1. The smallest absolute Gasteiger partial charge is 0.320 e. The zero-order valence-electron chi connectivity index (χ0n) is 12.1. The molecule has 0 aliphatic heterocycles. The molecule has 0 aromatic heterocycles. The van der Waals surface area contributed by atoms with Crippen LogP contribution >= 0.6 is 0 Å². The summed E-state index contributed by atoms with van der Waals surface area (Å²) in [6.45, 7) is 9.39. The van der Waals surface area contributed by atoms with Crippen molar-refractivity contribution in [3.63, 3.8) is 0 Å². The van der Waals surface area contributed by atoms with Gasteiger partial charge in [-0.15, -0.1) is 0 Å². The van der Waals surface area contributed by atoms with E-state index in [-0.39, 0.29) is 6.04 Å². The number of likely N-dealkylation sites (N-methyl/N-ethyl adjacent to an activating group) is 1. The van der Waals surface area contributed by atoms with Crippen molar-refractivity contribution in [2.75, 3.05) is 13.6 Å². The van der Waals surface area contributed by atoms with Gasteiger partial charge in [0.15, 0.2) is 0 Å². The summed E-state index contributed by atoms with van der Waals surface area (Å²) in [4.78, 5) is 12.7. The van der Waals surface area contributed by atoms with E-state index in [1.54, 1.807) is 6.92 Å². The Morgan fingerprint density at radius 3 is 2.18 bits per heavy atom. The minimum absolute atomic E-state index is 0.377. The Kier molecular flexibility index (Phi) is 8.23. The summed E-state index contributed by atoms with van der Waals surface area (Å²) in [6.07, 6.45) is 4.93. The van der Waals surface area contributed by atoms with Crippen LogP contribution in [0.1, 0.15) is 53.4 Å². The predicted molar refractivity (Wildman–Crippen MR) is 72.2 cm³/mol. The lowest BCUT2D eigenvalue weighted by molar-refractivity contribution is -0.142. The van der Waals surface area contributed by atoms with E-state index in [0.717, 1.165) is 18.9 Å². The molecule has 0 aliphatic rings. The van der Waals surface area contributed by atoms with Crippen molar-refractivity contribution in [3.8, 4) is 0 Å². The van der Waals surface area contributed by atoms with E-state index in [1.165, 1.54) is 19.3 Å². The van der Waals surface area contributed by atoms with Gasteiger partial charge in [0, 0.05) is 0 Å². The van der Waals surface area contributed by atoms with Crippen LogP contribution in [0.2, 0.25) is 0 Å². The number of nitrogens with zero attached hydrogens (tertiary/aromatic N) is 1. The van der Waals surface area contributed by atoms with Gasteiger partial charge in [0.05, 0.1) is 0 Å². The third kappa shape index (κ3) is 8.19. The first kappa shape index (κ1) is 16.4. The van der Waals surface area contributed by atoms with E-state index in [1.807, 2.05) is 11.9 Å². The van der Waals surface area contributed by atoms with Crippen LogP contribution in [-0.4, -0.2) is 35.6 Å². The monoisotopic (exact) mass is 243 g/mol. The third-order valence-electron chi connectivity index (χ3n) is 3.47. The molecule has 3 heteroatoms. The van der Waals surface area contributed by atoms with Crippen LogP contribution in [0.3, 0.4) is 0 Å². The largest absolute Gasteiger partial charge is 0.480 e.